The van der Waals surface area contributed by atoms with Gasteiger partial charge in [0, 0.05) is 17.3 Å². The minimum Gasteiger partial charge on any atom is -0.256 e. The summed E-state index contributed by atoms with van der Waals surface area (Å²) in [6, 6.07) is 21.8. The molecule has 3 heteroatoms. The first kappa shape index (κ1) is 21.8. The first-order valence-electron chi connectivity index (χ1n) is 11.7. The summed E-state index contributed by atoms with van der Waals surface area (Å²) in [5.74, 6) is 0.616. The quantitative estimate of drug-likeness (QED) is 0.274. The van der Waals surface area contributed by atoms with Crippen molar-refractivity contribution in [1.82, 2.24) is 9.97 Å². The number of hydrogen-bond donors (Lipinski definition) is 0. The van der Waals surface area contributed by atoms with Crippen LogP contribution in [0.5, 0.6) is 0 Å². The van der Waals surface area contributed by atoms with E-state index < -0.39 is 0 Å². The number of aromatic nitrogens is 2. The first-order valence-corrected chi connectivity index (χ1v) is 12.5. The van der Waals surface area contributed by atoms with Crippen LogP contribution in [-0.4, -0.2) is 9.97 Å². The highest BCUT2D eigenvalue weighted by molar-refractivity contribution is 7.17. The summed E-state index contributed by atoms with van der Waals surface area (Å²) in [5, 5.41) is 4.83. The first-order chi connectivity index (χ1) is 15.8. The molecule has 166 valence electrons. The Labute approximate surface area is 200 Å². The molecular formula is C30H30N2S. The van der Waals surface area contributed by atoms with E-state index in [2.05, 4.69) is 101 Å². The van der Waals surface area contributed by atoms with Crippen molar-refractivity contribution in [2.45, 2.75) is 46.5 Å². The lowest BCUT2D eigenvalue weighted by Gasteiger charge is -2.22. The lowest BCUT2D eigenvalue weighted by molar-refractivity contribution is 0.596. The molecule has 0 unspecified atom stereocenters. The lowest BCUT2D eigenvalue weighted by atomic mass is 9.82. The van der Waals surface area contributed by atoms with Crippen LogP contribution in [0.4, 0.5) is 0 Å². The van der Waals surface area contributed by atoms with Gasteiger partial charge in [0.05, 0.1) is 21.6 Å². The van der Waals surface area contributed by atoms with Crippen molar-refractivity contribution in [2.75, 3.05) is 0 Å². The van der Waals surface area contributed by atoms with Crippen molar-refractivity contribution in [1.29, 1.82) is 0 Å². The van der Waals surface area contributed by atoms with Gasteiger partial charge in [0.1, 0.15) is 0 Å². The highest BCUT2D eigenvalue weighted by Gasteiger charge is 2.19. The number of nitrogens with zero attached hydrogens (tertiary/aromatic N) is 2. The van der Waals surface area contributed by atoms with Gasteiger partial charge in [-0.2, -0.15) is 0 Å². The lowest BCUT2D eigenvalue weighted by Crippen LogP contribution is -2.12. The Morgan fingerprint density at radius 3 is 2.48 bits per heavy atom. The van der Waals surface area contributed by atoms with Crippen LogP contribution >= 0.6 is 11.3 Å². The van der Waals surface area contributed by atoms with Crippen molar-refractivity contribution in [3.8, 4) is 22.5 Å². The Morgan fingerprint density at radius 1 is 0.879 bits per heavy atom. The Morgan fingerprint density at radius 2 is 1.70 bits per heavy atom. The molecule has 0 saturated heterocycles. The van der Waals surface area contributed by atoms with Crippen molar-refractivity contribution in [2.24, 2.45) is 5.92 Å². The van der Waals surface area contributed by atoms with Crippen LogP contribution in [0.1, 0.15) is 45.7 Å². The molecule has 3 aromatic heterocycles. The highest BCUT2D eigenvalue weighted by atomic mass is 32.1. The Kier molecular flexibility index (Phi) is 5.54. The van der Waals surface area contributed by atoms with Crippen LogP contribution in [0.25, 0.3) is 43.5 Å². The molecule has 0 aliphatic carbocycles. The summed E-state index contributed by atoms with van der Waals surface area (Å²) in [4.78, 5) is 9.83. The predicted octanol–water partition coefficient (Wildman–Crippen LogP) is 8.67. The van der Waals surface area contributed by atoms with Gasteiger partial charge in [-0.3, -0.25) is 4.98 Å². The zero-order valence-corrected chi connectivity index (χ0v) is 20.8. The topological polar surface area (TPSA) is 25.8 Å². The van der Waals surface area contributed by atoms with E-state index in [9.17, 15) is 0 Å². The van der Waals surface area contributed by atoms with E-state index in [1.807, 2.05) is 6.20 Å². The number of pyridine rings is 2. The van der Waals surface area contributed by atoms with Crippen molar-refractivity contribution in [3.63, 3.8) is 0 Å². The number of thiophene rings is 1. The fourth-order valence-corrected chi connectivity index (χ4v) is 5.45. The third-order valence-corrected chi connectivity index (χ3v) is 7.13. The predicted molar refractivity (Wildman–Crippen MR) is 143 cm³/mol. The summed E-state index contributed by atoms with van der Waals surface area (Å²) in [6.45, 7) is 11.3. The van der Waals surface area contributed by atoms with Gasteiger partial charge in [-0.15, -0.1) is 11.3 Å². The van der Waals surface area contributed by atoms with Crippen molar-refractivity contribution < 1.29 is 0 Å². The molecule has 0 saturated carbocycles. The van der Waals surface area contributed by atoms with Gasteiger partial charge in [0.25, 0.3) is 0 Å². The van der Waals surface area contributed by atoms with Gasteiger partial charge in [0.2, 0.25) is 0 Å². The molecule has 3 heterocycles. The molecule has 0 N–H and O–H groups in total. The van der Waals surface area contributed by atoms with Crippen LogP contribution < -0.4 is 0 Å². The smallest absolute Gasteiger partial charge is 0.0849 e. The summed E-state index contributed by atoms with van der Waals surface area (Å²) in [6.07, 6.45) is 2.97. The van der Waals surface area contributed by atoms with E-state index in [0.717, 1.165) is 34.5 Å². The van der Waals surface area contributed by atoms with Gasteiger partial charge >= 0.3 is 0 Å². The summed E-state index contributed by atoms with van der Waals surface area (Å²) in [5.41, 5.74) is 8.14. The van der Waals surface area contributed by atoms with Crippen LogP contribution in [0.2, 0.25) is 0 Å². The monoisotopic (exact) mass is 450 g/mol. The summed E-state index contributed by atoms with van der Waals surface area (Å²) < 4.78 is 1.26. The van der Waals surface area contributed by atoms with Crippen molar-refractivity contribution in [3.05, 3.63) is 83.4 Å². The number of hydrogen-bond acceptors (Lipinski definition) is 3. The van der Waals surface area contributed by atoms with Crippen LogP contribution in [0.15, 0.2) is 72.2 Å². The average molecular weight is 451 g/mol. The second-order valence-corrected chi connectivity index (χ2v) is 11.2. The Balaban J connectivity index is 1.61. The van der Waals surface area contributed by atoms with E-state index in [1.54, 1.807) is 11.3 Å². The number of benzene rings is 2. The zero-order valence-electron chi connectivity index (χ0n) is 20.0. The van der Waals surface area contributed by atoms with Gasteiger partial charge in [-0.25, -0.2) is 4.98 Å². The van der Waals surface area contributed by atoms with Crippen molar-refractivity contribution >= 4 is 32.3 Å². The Hall–Kier alpha value is -3.04. The minimum absolute atomic E-state index is 0.0472. The van der Waals surface area contributed by atoms with Crippen LogP contribution in [0.3, 0.4) is 0 Å². The molecule has 0 fully saturated rings. The molecule has 0 radical (unpaired) electrons. The molecule has 5 rings (SSSR count). The molecule has 2 aromatic carbocycles. The highest BCUT2D eigenvalue weighted by Crippen LogP contribution is 2.35. The molecule has 0 atom stereocenters. The maximum Gasteiger partial charge on any atom is 0.0849 e. The fraction of sp³-hybridized carbons (Fsp3) is 0.267. The number of fused-ring (bicyclic) bond motifs is 2. The molecule has 0 aliphatic heterocycles. The molecule has 0 bridgehead atoms. The SMILES string of the molecule is CC(C)Cc1csc2ccc(-c3ccnc(-c4cc(C(C)(C)C)c5ccccc5c4)c3)nc12. The van der Waals surface area contributed by atoms with Crippen LogP contribution in [0, 0.1) is 5.92 Å². The third kappa shape index (κ3) is 4.30. The molecule has 0 amide bonds. The largest absolute Gasteiger partial charge is 0.256 e. The molecular weight excluding hydrogens is 420 g/mol. The van der Waals surface area contributed by atoms with Gasteiger partial charge in [0.15, 0.2) is 0 Å². The normalized spacial score (nSPS) is 12.2. The van der Waals surface area contributed by atoms with Gasteiger partial charge < -0.3 is 0 Å². The summed E-state index contributed by atoms with van der Waals surface area (Å²) in [7, 11) is 0. The number of rotatable bonds is 4. The average Bonchev–Trinajstić information content (AvgIpc) is 3.19. The molecule has 5 aromatic rings. The van der Waals surface area contributed by atoms with E-state index in [-0.39, 0.29) is 5.41 Å². The maximum atomic E-state index is 5.08. The second-order valence-electron chi connectivity index (χ2n) is 10.3. The zero-order chi connectivity index (χ0) is 23.2. The van der Waals surface area contributed by atoms with Crippen LogP contribution in [-0.2, 0) is 11.8 Å². The molecule has 2 nitrogen and oxygen atoms in total. The summed E-state index contributed by atoms with van der Waals surface area (Å²) >= 11 is 1.79. The molecule has 0 aliphatic rings. The van der Waals surface area contributed by atoms with Gasteiger partial charge in [-0.05, 0) is 81.4 Å². The molecule has 33 heavy (non-hydrogen) atoms. The van der Waals surface area contributed by atoms with E-state index >= 15 is 0 Å². The Bertz CT molecular complexity index is 1450. The maximum absolute atomic E-state index is 5.08. The van der Waals surface area contributed by atoms with Gasteiger partial charge in [-0.1, -0.05) is 58.9 Å². The third-order valence-electron chi connectivity index (χ3n) is 6.14. The molecule has 0 spiro atoms. The second kappa shape index (κ2) is 8.39. The van der Waals surface area contributed by atoms with E-state index in [4.69, 9.17) is 9.97 Å². The minimum atomic E-state index is 0.0472. The fourth-order valence-electron chi connectivity index (χ4n) is 4.53. The van der Waals surface area contributed by atoms with E-state index in [1.165, 1.54) is 26.6 Å². The van der Waals surface area contributed by atoms with E-state index in [0.29, 0.717) is 5.92 Å². The standard InChI is InChI=1S/C30H30N2S/c1-19(2)14-23-18-33-28-11-10-26(32-29(23)28)21-12-13-31-27(17-21)22-15-20-8-6-7-9-24(20)25(16-22)30(3,4)5/h6-13,15-19H,14H2,1-5H3.